The number of aliphatic hydroxyl groups is 5. The van der Waals surface area contributed by atoms with Gasteiger partial charge in [-0.15, -0.1) is 0 Å². The van der Waals surface area contributed by atoms with Crippen molar-refractivity contribution in [1.29, 1.82) is 0 Å². The summed E-state index contributed by atoms with van der Waals surface area (Å²) in [5.74, 6) is 0.156. The van der Waals surface area contributed by atoms with E-state index in [2.05, 4.69) is 4.18 Å². The molecule has 0 bridgehead atoms. The lowest BCUT2D eigenvalue weighted by Gasteiger charge is -2.21. The van der Waals surface area contributed by atoms with Gasteiger partial charge in [-0.3, -0.25) is 4.18 Å². The fourth-order valence-electron chi connectivity index (χ4n) is 2.61. The predicted molar refractivity (Wildman–Crippen MR) is 71.4 cm³/mol. The second-order valence-electron chi connectivity index (χ2n) is 5.17. The van der Waals surface area contributed by atoms with Gasteiger partial charge < -0.3 is 34.8 Å². The first-order chi connectivity index (χ1) is 10.1. The van der Waals surface area contributed by atoms with E-state index in [4.69, 9.17) is 4.74 Å². The van der Waals surface area contributed by atoms with Gasteiger partial charge in [0.25, 0.3) is 0 Å². The Morgan fingerprint density at radius 1 is 1.23 bits per heavy atom. The van der Waals surface area contributed by atoms with E-state index in [-0.39, 0.29) is 11.5 Å². The first-order valence-electron chi connectivity index (χ1n) is 6.43. The maximum absolute atomic E-state index is 10.7. The smallest absolute Gasteiger partial charge is 0.218 e. The van der Waals surface area contributed by atoms with Crippen LogP contribution in [0.25, 0.3) is 0 Å². The second-order valence-corrected chi connectivity index (χ2v) is 8.53. The zero-order valence-electron chi connectivity index (χ0n) is 11.3. The van der Waals surface area contributed by atoms with Crippen LogP contribution < -0.4 is 0 Å². The van der Waals surface area contributed by atoms with Crippen LogP contribution in [0.3, 0.4) is 0 Å². The summed E-state index contributed by atoms with van der Waals surface area (Å²) in [5.41, 5.74) is 0. The van der Waals surface area contributed by atoms with Crippen LogP contribution in [-0.4, -0.2) is 98.7 Å². The maximum atomic E-state index is 10.7. The minimum absolute atomic E-state index is 0.00759. The van der Waals surface area contributed by atoms with Crippen molar-refractivity contribution in [3.05, 3.63) is 0 Å². The minimum Gasteiger partial charge on any atom is -0.726 e. The first-order valence-corrected chi connectivity index (χ1v) is 9.39. The van der Waals surface area contributed by atoms with Gasteiger partial charge in [0.1, 0.15) is 42.0 Å². The Bertz CT molecular complexity index is 484. The first kappa shape index (κ1) is 18.3. The summed E-state index contributed by atoms with van der Waals surface area (Å²) in [6.45, 7) is -0.398. The lowest BCUT2D eigenvalue weighted by Crippen LogP contribution is -2.42. The number of ether oxygens (including phenoxy) is 1. The monoisotopic (exact) mass is 362 g/mol. The third-order valence-electron chi connectivity index (χ3n) is 3.68. The third-order valence-corrected chi connectivity index (χ3v) is 6.95. The summed E-state index contributed by atoms with van der Waals surface area (Å²) in [7, 11) is -5.89. The van der Waals surface area contributed by atoms with Crippen molar-refractivity contribution in [1.82, 2.24) is 0 Å². The van der Waals surface area contributed by atoms with Crippen molar-refractivity contribution in [2.45, 2.75) is 42.1 Å². The third kappa shape index (κ3) is 3.90. The Labute approximate surface area is 129 Å². The molecule has 0 aliphatic carbocycles. The molecule has 0 radical (unpaired) electrons. The Morgan fingerprint density at radius 2 is 1.86 bits per heavy atom. The van der Waals surface area contributed by atoms with Crippen LogP contribution in [0.5, 0.6) is 0 Å². The van der Waals surface area contributed by atoms with Crippen molar-refractivity contribution in [2.24, 2.45) is 0 Å². The lowest BCUT2D eigenvalue weighted by molar-refractivity contribution is -0.123. The normalized spacial score (nSPS) is 46.3. The van der Waals surface area contributed by atoms with Crippen molar-refractivity contribution in [3.63, 3.8) is 0 Å². The van der Waals surface area contributed by atoms with E-state index in [1.54, 1.807) is 0 Å². The number of rotatable bonds is 5. The summed E-state index contributed by atoms with van der Waals surface area (Å²) >= 11 is 0. The summed E-state index contributed by atoms with van der Waals surface area (Å²) in [6.07, 6.45) is -8.32. The molecular weight excluding hydrogens is 344 g/mol. The molecule has 0 aromatic rings. The minimum atomic E-state index is -5.12. The standard InChI is InChI=1S/C10H18O10S2/c11-1-6-7(13)4(12)2-21(6)3-5-9(20-22(16,17)18)8(14)10(15)19-5/h4-15H,1-3H2/t4-,5-,6-,7+,8-,9+,10+,21?/m1/s1. The van der Waals surface area contributed by atoms with Gasteiger partial charge in [-0.05, 0) is 0 Å². The molecule has 2 fully saturated rings. The highest BCUT2D eigenvalue weighted by Gasteiger charge is 2.54. The molecule has 0 saturated carbocycles. The van der Waals surface area contributed by atoms with Crippen LogP contribution in [0.2, 0.25) is 0 Å². The maximum Gasteiger partial charge on any atom is 0.218 e. The molecule has 12 heteroatoms. The van der Waals surface area contributed by atoms with E-state index in [1.807, 2.05) is 0 Å². The summed E-state index contributed by atoms with van der Waals surface area (Å²) in [5, 5.41) is 47.1. The van der Waals surface area contributed by atoms with E-state index < -0.39 is 70.0 Å². The zero-order valence-corrected chi connectivity index (χ0v) is 12.9. The zero-order chi connectivity index (χ0) is 16.7. The molecule has 2 rings (SSSR count). The molecule has 8 atom stereocenters. The van der Waals surface area contributed by atoms with Crippen molar-refractivity contribution >= 4 is 21.3 Å². The van der Waals surface area contributed by atoms with Gasteiger partial charge in [0.15, 0.2) is 11.5 Å². The number of aliphatic hydroxyl groups excluding tert-OH is 5. The molecule has 10 nitrogen and oxygen atoms in total. The van der Waals surface area contributed by atoms with Gasteiger partial charge in [0.2, 0.25) is 10.4 Å². The number of hydrogen-bond donors (Lipinski definition) is 5. The highest BCUT2D eigenvalue weighted by molar-refractivity contribution is 7.97. The van der Waals surface area contributed by atoms with Gasteiger partial charge in [-0.2, -0.15) is 0 Å². The van der Waals surface area contributed by atoms with Crippen molar-refractivity contribution < 1.29 is 47.4 Å². The Morgan fingerprint density at radius 3 is 2.41 bits per heavy atom. The molecule has 0 aromatic carbocycles. The molecule has 22 heavy (non-hydrogen) atoms. The van der Waals surface area contributed by atoms with Crippen LogP contribution in [0.15, 0.2) is 0 Å². The van der Waals surface area contributed by atoms with E-state index in [9.17, 15) is 38.5 Å². The molecule has 5 N–H and O–H groups in total. The molecule has 130 valence electrons. The fraction of sp³-hybridized carbons (Fsp3) is 1.00. The quantitative estimate of drug-likeness (QED) is 0.182. The van der Waals surface area contributed by atoms with Crippen LogP contribution in [0.4, 0.5) is 0 Å². The molecule has 2 aliphatic rings. The molecule has 1 unspecified atom stereocenters. The molecule has 0 amide bonds. The Balaban J connectivity index is 2.10. The summed E-state index contributed by atoms with van der Waals surface area (Å²) in [6, 6.07) is 0. The van der Waals surface area contributed by atoms with Gasteiger partial charge >= 0.3 is 0 Å². The second kappa shape index (κ2) is 6.84. The number of hydrogen-bond acceptors (Lipinski definition) is 10. The molecule has 0 aromatic heterocycles. The van der Waals surface area contributed by atoms with Crippen LogP contribution in [0, 0.1) is 0 Å². The largest absolute Gasteiger partial charge is 0.726 e. The van der Waals surface area contributed by atoms with Gasteiger partial charge in [-0.1, -0.05) is 0 Å². The van der Waals surface area contributed by atoms with Crippen LogP contribution >= 0.6 is 0 Å². The van der Waals surface area contributed by atoms with Crippen LogP contribution in [-0.2, 0) is 30.2 Å². The summed E-state index contributed by atoms with van der Waals surface area (Å²) in [4.78, 5) is 0. The highest BCUT2D eigenvalue weighted by atomic mass is 32.3. The molecule has 2 heterocycles. The molecule has 2 aliphatic heterocycles. The van der Waals surface area contributed by atoms with E-state index >= 15 is 0 Å². The fourth-order valence-corrected chi connectivity index (χ4v) is 5.86. The van der Waals surface area contributed by atoms with E-state index in [0.29, 0.717) is 0 Å². The Hall–Kier alpha value is -0.0200. The van der Waals surface area contributed by atoms with E-state index in [1.165, 1.54) is 0 Å². The van der Waals surface area contributed by atoms with Crippen molar-refractivity contribution in [2.75, 3.05) is 18.1 Å². The van der Waals surface area contributed by atoms with Crippen molar-refractivity contribution in [3.8, 4) is 0 Å². The topological polar surface area (TPSA) is 177 Å². The lowest BCUT2D eigenvalue weighted by atomic mass is 10.2. The predicted octanol–water partition coefficient (Wildman–Crippen LogP) is -4.38. The average molecular weight is 362 g/mol. The molecule has 0 spiro atoms. The van der Waals surface area contributed by atoms with Gasteiger partial charge in [-0.25, -0.2) is 8.42 Å². The average Bonchev–Trinajstić information content (AvgIpc) is 2.80. The Kier molecular flexibility index (Phi) is 5.70. The van der Waals surface area contributed by atoms with Gasteiger partial charge in [0.05, 0.1) is 6.61 Å². The molecular formula is C10H18O10S2. The SMILES string of the molecule is O=S(=O)([O-])O[C@@H]1[C@@H](O)[C@@H](O)O[C@@H]1C[S+]1C[C@@H](O)[C@H](O)[C@H]1CO. The van der Waals surface area contributed by atoms with E-state index in [0.717, 1.165) is 0 Å². The van der Waals surface area contributed by atoms with Gasteiger partial charge in [0, 0.05) is 10.9 Å². The highest BCUT2D eigenvalue weighted by Crippen LogP contribution is 2.30. The summed E-state index contributed by atoms with van der Waals surface area (Å²) < 4.78 is 41.3. The molecule has 2 saturated heterocycles. The van der Waals surface area contributed by atoms with Crippen LogP contribution in [0.1, 0.15) is 0 Å².